The van der Waals surface area contributed by atoms with Gasteiger partial charge in [0.2, 0.25) is 11.8 Å². The van der Waals surface area contributed by atoms with Crippen molar-refractivity contribution in [3.05, 3.63) is 53.1 Å². The minimum atomic E-state index is -4.95. The summed E-state index contributed by atoms with van der Waals surface area (Å²) in [5, 5.41) is 2.17. The Labute approximate surface area is 189 Å². The summed E-state index contributed by atoms with van der Waals surface area (Å²) in [6.45, 7) is 1.87. The Balaban J connectivity index is 2.09. The lowest BCUT2D eigenvalue weighted by Gasteiger charge is -2.32. The molecule has 2 aromatic rings. The largest absolute Gasteiger partial charge is 0.493 e. The van der Waals surface area contributed by atoms with Crippen LogP contribution in [0.15, 0.2) is 24.3 Å². The lowest BCUT2D eigenvalue weighted by molar-refractivity contribution is -0.272. The third-order valence-electron chi connectivity index (χ3n) is 5.88. The fourth-order valence-corrected chi connectivity index (χ4v) is 3.95. The maximum Gasteiger partial charge on any atom is 0.417 e. The van der Waals surface area contributed by atoms with Crippen LogP contribution in [0.1, 0.15) is 35.8 Å². The Kier molecular flexibility index (Phi) is 6.53. The molecule has 184 valence electrons. The molecule has 2 amide bonds. The fraction of sp³-hybridized carbons (Fsp3) is 0.381. The van der Waals surface area contributed by atoms with E-state index in [9.17, 15) is 35.9 Å². The van der Waals surface area contributed by atoms with Crippen molar-refractivity contribution in [3.8, 4) is 5.75 Å². The van der Waals surface area contributed by atoms with Crippen LogP contribution in [-0.2, 0) is 9.53 Å². The molecule has 0 aliphatic carbocycles. The first-order chi connectivity index (χ1) is 15.7. The minimum absolute atomic E-state index is 0.235. The van der Waals surface area contributed by atoms with Crippen molar-refractivity contribution in [1.82, 2.24) is 4.98 Å². The van der Waals surface area contributed by atoms with E-state index in [-0.39, 0.29) is 11.3 Å². The number of anilines is 1. The molecule has 0 spiro atoms. The Morgan fingerprint density at radius 2 is 1.85 bits per heavy atom. The molecule has 3 N–H and O–H groups in total. The summed E-state index contributed by atoms with van der Waals surface area (Å²) in [5.41, 5.74) is 1.07. The highest BCUT2D eigenvalue weighted by atomic mass is 19.4. The minimum Gasteiger partial charge on any atom is -0.493 e. The number of carbonyl (C=O) groups excluding carboxylic acids is 2. The molecule has 2 heterocycles. The number of rotatable bonds is 5. The van der Waals surface area contributed by atoms with E-state index in [1.54, 1.807) is 0 Å². The number of ether oxygens (including phenoxy) is 2. The number of nitrogens with one attached hydrogen (secondary N) is 1. The molecule has 0 radical (unpaired) electrons. The van der Waals surface area contributed by atoms with Crippen LogP contribution >= 0.6 is 0 Å². The van der Waals surface area contributed by atoms with E-state index in [0.29, 0.717) is 12.1 Å². The highest BCUT2D eigenvalue weighted by Crippen LogP contribution is 2.55. The molecule has 1 aliphatic heterocycles. The van der Waals surface area contributed by atoms with Crippen LogP contribution in [0, 0.1) is 23.5 Å². The zero-order valence-corrected chi connectivity index (χ0v) is 18.0. The van der Waals surface area contributed by atoms with Crippen LogP contribution in [0.25, 0.3) is 0 Å². The second kappa shape index (κ2) is 8.78. The molecule has 3 rings (SSSR count). The molecule has 1 aliphatic rings. The number of methoxy groups -OCH3 is 1. The predicted molar refractivity (Wildman–Crippen MR) is 105 cm³/mol. The topological polar surface area (TPSA) is 104 Å². The van der Waals surface area contributed by atoms with Gasteiger partial charge in [-0.05, 0) is 19.1 Å². The van der Waals surface area contributed by atoms with Gasteiger partial charge in [-0.1, -0.05) is 13.0 Å². The van der Waals surface area contributed by atoms with Gasteiger partial charge < -0.3 is 20.5 Å². The standard InChI is InChI=1S/C21H19F6N3O4/c1-8-14(10-4-5-11(22)15(24)16(10)33-3)17(34-20(8,2)21(25,26)27)19(32)29-9-6-12(18(28)31)30-13(23)7-9/h4-8,14,17H,1-3H3,(H2,28,31)(H,29,30,32)/t8-,14+,17+,20+/m0/s1. The molecule has 1 fully saturated rings. The van der Waals surface area contributed by atoms with Crippen molar-refractivity contribution in [2.45, 2.75) is 37.6 Å². The smallest absolute Gasteiger partial charge is 0.417 e. The Bertz CT molecular complexity index is 1140. The number of hydrogen-bond acceptors (Lipinski definition) is 5. The molecule has 0 saturated carbocycles. The SMILES string of the molecule is COc1c([C@@H]2[C@H](C(=O)Nc3cc(F)nc(C(N)=O)c3)O[C@@](C)(C(F)(F)F)[C@H]2C)ccc(F)c1F. The number of benzene rings is 1. The van der Waals surface area contributed by atoms with Gasteiger partial charge >= 0.3 is 6.18 Å². The maximum atomic E-state index is 14.4. The van der Waals surface area contributed by atoms with E-state index in [1.165, 1.54) is 0 Å². The second-order valence-corrected chi connectivity index (χ2v) is 7.86. The van der Waals surface area contributed by atoms with Crippen molar-refractivity contribution >= 4 is 17.5 Å². The van der Waals surface area contributed by atoms with Gasteiger partial charge in [0.15, 0.2) is 17.2 Å². The van der Waals surface area contributed by atoms with Gasteiger partial charge in [-0.25, -0.2) is 9.37 Å². The Morgan fingerprint density at radius 1 is 1.21 bits per heavy atom. The van der Waals surface area contributed by atoms with Gasteiger partial charge in [-0.3, -0.25) is 9.59 Å². The van der Waals surface area contributed by atoms with Crippen LogP contribution in [0.5, 0.6) is 5.75 Å². The lowest BCUT2D eigenvalue weighted by atomic mass is 9.77. The zero-order valence-electron chi connectivity index (χ0n) is 18.0. The van der Waals surface area contributed by atoms with E-state index < -0.39 is 70.6 Å². The quantitative estimate of drug-likeness (QED) is 0.491. The first-order valence-corrected chi connectivity index (χ1v) is 9.76. The van der Waals surface area contributed by atoms with Crippen LogP contribution in [-0.4, -0.2) is 41.8 Å². The number of halogens is 6. The summed E-state index contributed by atoms with van der Waals surface area (Å²) < 4.78 is 93.7. The average molecular weight is 491 g/mol. The summed E-state index contributed by atoms with van der Waals surface area (Å²) in [6, 6.07) is 3.31. The van der Waals surface area contributed by atoms with Crippen LogP contribution in [0.3, 0.4) is 0 Å². The normalized spacial score (nSPS) is 24.7. The van der Waals surface area contributed by atoms with E-state index in [0.717, 1.165) is 33.1 Å². The zero-order chi connectivity index (χ0) is 25.6. The third-order valence-corrected chi connectivity index (χ3v) is 5.88. The Hall–Kier alpha value is -3.35. The molecular formula is C21H19F6N3O4. The summed E-state index contributed by atoms with van der Waals surface area (Å²) >= 11 is 0. The highest BCUT2D eigenvalue weighted by Gasteiger charge is 2.65. The van der Waals surface area contributed by atoms with E-state index in [4.69, 9.17) is 15.2 Å². The Morgan fingerprint density at radius 3 is 2.41 bits per heavy atom. The molecule has 13 heteroatoms. The van der Waals surface area contributed by atoms with E-state index in [2.05, 4.69) is 10.3 Å². The highest BCUT2D eigenvalue weighted by molar-refractivity contribution is 5.97. The second-order valence-electron chi connectivity index (χ2n) is 7.86. The first kappa shape index (κ1) is 25.3. The molecule has 1 aromatic heterocycles. The number of aromatic nitrogens is 1. The van der Waals surface area contributed by atoms with E-state index >= 15 is 0 Å². The predicted octanol–water partition coefficient (Wildman–Crippen LogP) is 3.68. The molecule has 1 saturated heterocycles. The average Bonchev–Trinajstić information content (AvgIpc) is 3.01. The summed E-state index contributed by atoms with van der Waals surface area (Å²) in [7, 11) is 0.991. The molecule has 0 unspecified atom stereocenters. The van der Waals surface area contributed by atoms with Crippen LogP contribution < -0.4 is 15.8 Å². The third kappa shape index (κ3) is 4.27. The number of primary amides is 1. The molecular weight excluding hydrogens is 472 g/mol. The monoisotopic (exact) mass is 491 g/mol. The number of nitrogens with zero attached hydrogens (tertiary/aromatic N) is 1. The number of pyridine rings is 1. The van der Waals surface area contributed by atoms with E-state index in [1.807, 2.05) is 0 Å². The van der Waals surface area contributed by atoms with Crippen molar-refractivity contribution in [2.75, 3.05) is 12.4 Å². The van der Waals surface area contributed by atoms with Gasteiger partial charge in [0.05, 0.1) is 7.11 Å². The molecule has 34 heavy (non-hydrogen) atoms. The summed E-state index contributed by atoms with van der Waals surface area (Å²) in [4.78, 5) is 27.6. The first-order valence-electron chi connectivity index (χ1n) is 9.76. The van der Waals surface area contributed by atoms with Crippen molar-refractivity contribution in [2.24, 2.45) is 11.7 Å². The molecule has 1 aromatic carbocycles. The number of nitrogens with two attached hydrogens (primary N) is 1. The van der Waals surface area contributed by atoms with Gasteiger partial charge in [-0.15, -0.1) is 0 Å². The summed E-state index contributed by atoms with van der Waals surface area (Å²) in [5.74, 6) is -9.85. The van der Waals surface area contributed by atoms with Gasteiger partial charge in [0.25, 0.3) is 11.8 Å². The number of hydrogen-bond donors (Lipinski definition) is 2. The molecule has 7 nitrogen and oxygen atoms in total. The molecule has 0 bridgehead atoms. The van der Waals surface area contributed by atoms with Gasteiger partial charge in [-0.2, -0.15) is 22.0 Å². The van der Waals surface area contributed by atoms with Crippen molar-refractivity contribution < 1.29 is 45.4 Å². The van der Waals surface area contributed by atoms with Crippen molar-refractivity contribution in [3.63, 3.8) is 0 Å². The number of carbonyl (C=O) groups is 2. The number of alkyl halides is 3. The maximum absolute atomic E-state index is 14.4. The fourth-order valence-electron chi connectivity index (χ4n) is 3.95. The van der Waals surface area contributed by atoms with Crippen LogP contribution in [0.4, 0.5) is 32.0 Å². The summed E-state index contributed by atoms with van der Waals surface area (Å²) in [6.07, 6.45) is -6.85. The molecule has 4 atom stereocenters. The number of amides is 2. The van der Waals surface area contributed by atoms with Crippen LogP contribution in [0.2, 0.25) is 0 Å². The van der Waals surface area contributed by atoms with Gasteiger partial charge in [0, 0.05) is 29.2 Å². The lowest BCUT2D eigenvalue weighted by Crippen LogP contribution is -2.47. The van der Waals surface area contributed by atoms with Gasteiger partial charge in [0.1, 0.15) is 11.8 Å². The van der Waals surface area contributed by atoms with Crippen molar-refractivity contribution in [1.29, 1.82) is 0 Å².